The van der Waals surface area contributed by atoms with E-state index in [-0.39, 0.29) is 12.3 Å². The molecule has 0 aliphatic rings. The topological polar surface area (TPSA) is 68.9 Å². The van der Waals surface area contributed by atoms with Gasteiger partial charge in [0.15, 0.2) is 0 Å². The molecular formula is C14H11N3O. The lowest BCUT2D eigenvalue weighted by Gasteiger charge is -2.05. The summed E-state index contributed by atoms with van der Waals surface area (Å²) in [5.74, 6) is -0.363. The molecule has 88 valence electrons. The lowest BCUT2D eigenvalue weighted by atomic mass is 10.1. The predicted molar refractivity (Wildman–Crippen MR) is 69.9 cm³/mol. The summed E-state index contributed by atoms with van der Waals surface area (Å²) in [5, 5.41) is 0. The molecule has 18 heavy (non-hydrogen) atoms. The lowest BCUT2D eigenvalue weighted by molar-refractivity contribution is -0.117. The van der Waals surface area contributed by atoms with Crippen molar-refractivity contribution in [2.24, 2.45) is 5.73 Å². The van der Waals surface area contributed by atoms with Gasteiger partial charge in [0.2, 0.25) is 5.91 Å². The van der Waals surface area contributed by atoms with Gasteiger partial charge in [-0.05, 0) is 23.8 Å². The van der Waals surface area contributed by atoms with Crippen LogP contribution in [0.15, 0.2) is 42.5 Å². The number of carbonyl (C=O) groups is 1. The number of hydrogen-bond acceptors (Lipinski definition) is 3. The maximum Gasteiger partial charge on any atom is 0.221 e. The number of rotatable bonds is 2. The van der Waals surface area contributed by atoms with Crippen LogP contribution in [0.25, 0.3) is 22.1 Å². The van der Waals surface area contributed by atoms with Crippen LogP contribution in [0.3, 0.4) is 0 Å². The average molecular weight is 237 g/mol. The van der Waals surface area contributed by atoms with Gasteiger partial charge in [-0.2, -0.15) is 0 Å². The Kier molecular flexibility index (Phi) is 2.41. The molecule has 0 atom stereocenters. The van der Waals surface area contributed by atoms with Crippen molar-refractivity contribution in [1.82, 2.24) is 9.97 Å². The number of hydrogen-bond donors (Lipinski definition) is 1. The third-order valence-corrected chi connectivity index (χ3v) is 2.82. The number of nitrogens with two attached hydrogens (primary N) is 1. The summed E-state index contributed by atoms with van der Waals surface area (Å²) < 4.78 is 0. The zero-order valence-corrected chi connectivity index (χ0v) is 9.63. The van der Waals surface area contributed by atoms with E-state index in [1.165, 1.54) is 0 Å². The molecule has 1 aromatic heterocycles. The maximum atomic E-state index is 11.1. The van der Waals surface area contributed by atoms with Crippen molar-refractivity contribution in [3.05, 3.63) is 48.0 Å². The van der Waals surface area contributed by atoms with Gasteiger partial charge in [0.25, 0.3) is 0 Å². The molecule has 1 heterocycles. The Morgan fingerprint density at radius 1 is 0.944 bits per heavy atom. The molecule has 3 rings (SSSR count). The number of fused-ring (bicyclic) bond motifs is 2. The molecule has 0 saturated heterocycles. The second kappa shape index (κ2) is 4.07. The summed E-state index contributed by atoms with van der Waals surface area (Å²) in [5.41, 5.74) is 9.26. The van der Waals surface area contributed by atoms with E-state index in [4.69, 9.17) is 5.73 Å². The van der Waals surface area contributed by atoms with Crippen LogP contribution < -0.4 is 5.73 Å². The predicted octanol–water partition coefficient (Wildman–Crippen LogP) is 1.81. The normalized spacial score (nSPS) is 10.9. The molecule has 2 N–H and O–H groups in total. The standard InChI is InChI=1S/C14H11N3O/c15-13(18)8-9-4-3-7-12-14(9)17-11-6-2-1-5-10(11)16-12/h1-7H,8H2,(H2,15,18). The minimum Gasteiger partial charge on any atom is -0.369 e. The third kappa shape index (κ3) is 1.78. The minimum absolute atomic E-state index is 0.185. The number of primary amides is 1. The number of para-hydroxylation sites is 3. The van der Waals surface area contributed by atoms with E-state index < -0.39 is 0 Å². The summed E-state index contributed by atoms with van der Waals surface area (Å²) >= 11 is 0. The summed E-state index contributed by atoms with van der Waals surface area (Å²) in [6, 6.07) is 13.3. The van der Waals surface area contributed by atoms with Crippen molar-refractivity contribution < 1.29 is 4.79 Å². The van der Waals surface area contributed by atoms with Crippen molar-refractivity contribution in [2.45, 2.75) is 6.42 Å². The Balaban J connectivity index is 2.32. The fourth-order valence-corrected chi connectivity index (χ4v) is 2.03. The Morgan fingerprint density at radius 3 is 2.33 bits per heavy atom. The molecule has 4 nitrogen and oxygen atoms in total. The van der Waals surface area contributed by atoms with Crippen LogP contribution in [-0.4, -0.2) is 15.9 Å². The van der Waals surface area contributed by atoms with Crippen LogP contribution >= 0.6 is 0 Å². The molecule has 0 spiro atoms. The molecule has 0 aliphatic carbocycles. The highest BCUT2D eigenvalue weighted by atomic mass is 16.1. The second-order valence-corrected chi connectivity index (χ2v) is 4.14. The maximum absolute atomic E-state index is 11.1. The Labute approximate surface area is 103 Å². The molecule has 0 aliphatic heterocycles. The Morgan fingerprint density at radius 2 is 1.61 bits per heavy atom. The summed E-state index contributed by atoms with van der Waals surface area (Å²) in [6.45, 7) is 0. The van der Waals surface area contributed by atoms with E-state index in [1.807, 2.05) is 42.5 Å². The van der Waals surface area contributed by atoms with E-state index in [2.05, 4.69) is 9.97 Å². The minimum atomic E-state index is -0.363. The van der Waals surface area contributed by atoms with Gasteiger partial charge < -0.3 is 5.73 Å². The summed E-state index contributed by atoms with van der Waals surface area (Å²) in [6.07, 6.45) is 0.185. The van der Waals surface area contributed by atoms with Crippen LogP contribution in [0.1, 0.15) is 5.56 Å². The molecule has 0 fully saturated rings. The first-order valence-corrected chi connectivity index (χ1v) is 5.67. The van der Waals surface area contributed by atoms with Crippen LogP contribution in [0.5, 0.6) is 0 Å². The largest absolute Gasteiger partial charge is 0.369 e. The van der Waals surface area contributed by atoms with E-state index >= 15 is 0 Å². The SMILES string of the molecule is NC(=O)Cc1cccc2nc3ccccc3nc12. The van der Waals surface area contributed by atoms with Crippen molar-refractivity contribution in [1.29, 1.82) is 0 Å². The van der Waals surface area contributed by atoms with E-state index in [0.29, 0.717) is 0 Å². The Hall–Kier alpha value is -2.49. The van der Waals surface area contributed by atoms with E-state index in [1.54, 1.807) is 0 Å². The molecule has 2 aromatic carbocycles. The molecule has 4 heteroatoms. The second-order valence-electron chi connectivity index (χ2n) is 4.14. The number of carbonyl (C=O) groups excluding carboxylic acids is 1. The van der Waals surface area contributed by atoms with E-state index in [9.17, 15) is 4.79 Å². The van der Waals surface area contributed by atoms with Crippen molar-refractivity contribution in [3.63, 3.8) is 0 Å². The highest BCUT2D eigenvalue weighted by Gasteiger charge is 2.07. The Bertz CT molecular complexity index is 752. The number of nitrogens with zero attached hydrogens (tertiary/aromatic N) is 2. The van der Waals surface area contributed by atoms with Gasteiger partial charge in [-0.25, -0.2) is 9.97 Å². The van der Waals surface area contributed by atoms with Crippen molar-refractivity contribution >= 4 is 28.0 Å². The van der Waals surface area contributed by atoms with Crippen LogP contribution in [0, 0.1) is 0 Å². The molecule has 0 unspecified atom stereocenters. The van der Waals surface area contributed by atoms with Gasteiger partial charge >= 0.3 is 0 Å². The average Bonchev–Trinajstić information content (AvgIpc) is 2.36. The molecule has 3 aromatic rings. The molecule has 0 saturated carbocycles. The highest BCUT2D eigenvalue weighted by molar-refractivity contribution is 5.90. The van der Waals surface area contributed by atoms with Crippen molar-refractivity contribution in [3.8, 4) is 0 Å². The summed E-state index contributed by atoms with van der Waals surface area (Å²) in [4.78, 5) is 20.1. The van der Waals surface area contributed by atoms with Gasteiger partial charge in [-0.15, -0.1) is 0 Å². The smallest absolute Gasteiger partial charge is 0.221 e. The fraction of sp³-hybridized carbons (Fsp3) is 0.0714. The van der Waals surface area contributed by atoms with Crippen LogP contribution in [-0.2, 0) is 11.2 Å². The van der Waals surface area contributed by atoms with Gasteiger partial charge in [-0.1, -0.05) is 24.3 Å². The van der Waals surface area contributed by atoms with Gasteiger partial charge in [0.05, 0.1) is 28.5 Å². The molecule has 0 radical (unpaired) electrons. The van der Waals surface area contributed by atoms with Crippen molar-refractivity contribution in [2.75, 3.05) is 0 Å². The fourth-order valence-electron chi connectivity index (χ4n) is 2.03. The first kappa shape index (κ1) is 10.7. The highest BCUT2D eigenvalue weighted by Crippen LogP contribution is 2.19. The molecule has 0 bridgehead atoms. The summed E-state index contributed by atoms with van der Waals surface area (Å²) in [7, 11) is 0. The first-order valence-electron chi connectivity index (χ1n) is 5.67. The van der Waals surface area contributed by atoms with Crippen LogP contribution in [0.4, 0.5) is 0 Å². The van der Waals surface area contributed by atoms with Gasteiger partial charge in [-0.3, -0.25) is 4.79 Å². The number of aromatic nitrogens is 2. The van der Waals surface area contributed by atoms with Gasteiger partial charge in [0.1, 0.15) is 0 Å². The zero-order valence-electron chi connectivity index (χ0n) is 9.63. The van der Waals surface area contributed by atoms with E-state index in [0.717, 1.165) is 27.6 Å². The zero-order chi connectivity index (χ0) is 12.5. The number of benzene rings is 2. The van der Waals surface area contributed by atoms with Crippen LogP contribution in [0.2, 0.25) is 0 Å². The quantitative estimate of drug-likeness (QED) is 0.691. The first-order chi connectivity index (χ1) is 8.74. The molecule has 1 amide bonds. The third-order valence-electron chi connectivity index (χ3n) is 2.82. The molecular weight excluding hydrogens is 226 g/mol. The lowest BCUT2D eigenvalue weighted by Crippen LogP contribution is -2.14. The van der Waals surface area contributed by atoms with Gasteiger partial charge in [0, 0.05) is 0 Å². The number of amides is 1. The monoisotopic (exact) mass is 237 g/mol.